The molecule has 0 radical (unpaired) electrons. The molecular formula is C14H9BrFNO. The highest BCUT2D eigenvalue weighted by Gasteiger charge is 2.02. The van der Waals surface area contributed by atoms with E-state index in [4.69, 9.17) is 10.00 Å². The van der Waals surface area contributed by atoms with Gasteiger partial charge in [-0.3, -0.25) is 0 Å². The molecule has 0 aliphatic rings. The number of nitriles is 1. The zero-order chi connectivity index (χ0) is 13.0. The maximum Gasteiger partial charge on any atom is 0.124 e. The van der Waals surface area contributed by atoms with Crippen molar-refractivity contribution >= 4 is 15.9 Å². The quantitative estimate of drug-likeness (QED) is 0.857. The van der Waals surface area contributed by atoms with E-state index in [2.05, 4.69) is 15.9 Å². The predicted octanol–water partition coefficient (Wildman–Crippen LogP) is 4.04. The van der Waals surface area contributed by atoms with Gasteiger partial charge >= 0.3 is 0 Å². The van der Waals surface area contributed by atoms with Gasteiger partial charge in [-0.25, -0.2) is 4.39 Å². The summed E-state index contributed by atoms with van der Waals surface area (Å²) >= 11 is 3.28. The average Bonchev–Trinajstić information content (AvgIpc) is 2.38. The number of hydrogen-bond acceptors (Lipinski definition) is 2. The van der Waals surface area contributed by atoms with Crippen LogP contribution in [0.2, 0.25) is 0 Å². The molecule has 0 saturated carbocycles. The zero-order valence-corrected chi connectivity index (χ0v) is 10.9. The molecule has 2 nitrogen and oxygen atoms in total. The van der Waals surface area contributed by atoms with Gasteiger partial charge in [0.15, 0.2) is 0 Å². The lowest BCUT2D eigenvalue weighted by Gasteiger charge is -2.08. The maximum absolute atomic E-state index is 12.9. The number of hydrogen-bond donors (Lipinski definition) is 0. The normalized spacial score (nSPS) is 9.83. The lowest BCUT2D eigenvalue weighted by Crippen LogP contribution is -1.96. The molecule has 18 heavy (non-hydrogen) atoms. The standard InChI is InChI=1S/C14H9BrFNO/c15-14-7-12(16)4-3-11(14)9-18-13-5-1-10(8-17)2-6-13/h1-7H,9H2. The topological polar surface area (TPSA) is 33.0 Å². The molecule has 0 aliphatic carbocycles. The maximum atomic E-state index is 12.9. The van der Waals surface area contributed by atoms with Crippen LogP contribution in [0.4, 0.5) is 4.39 Å². The van der Waals surface area contributed by atoms with E-state index in [-0.39, 0.29) is 5.82 Å². The fourth-order valence-corrected chi connectivity index (χ4v) is 1.89. The Morgan fingerprint density at radius 2 is 1.89 bits per heavy atom. The minimum Gasteiger partial charge on any atom is -0.489 e. The summed E-state index contributed by atoms with van der Waals surface area (Å²) in [6.45, 7) is 0.340. The number of halogens is 2. The van der Waals surface area contributed by atoms with Gasteiger partial charge in [-0.15, -0.1) is 0 Å². The van der Waals surface area contributed by atoms with Gasteiger partial charge in [0.1, 0.15) is 18.2 Å². The van der Waals surface area contributed by atoms with Crippen LogP contribution in [0.3, 0.4) is 0 Å². The van der Waals surface area contributed by atoms with Crippen LogP contribution in [0.15, 0.2) is 46.9 Å². The number of benzene rings is 2. The highest BCUT2D eigenvalue weighted by atomic mass is 79.9. The zero-order valence-electron chi connectivity index (χ0n) is 9.36. The van der Waals surface area contributed by atoms with E-state index in [1.54, 1.807) is 30.3 Å². The molecule has 0 aromatic heterocycles. The molecular weight excluding hydrogens is 297 g/mol. The summed E-state index contributed by atoms with van der Waals surface area (Å²) in [5.41, 5.74) is 1.45. The SMILES string of the molecule is N#Cc1ccc(OCc2ccc(F)cc2Br)cc1. The van der Waals surface area contributed by atoms with Gasteiger partial charge in [0.25, 0.3) is 0 Å². The second-order valence-corrected chi connectivity index (χ2v) is 4.51. The second kappa shape index (κ2) is 5.65. The van der Waals surface area contributed by atoms with Crippen LogP contribution in [-0.2, 0) is 6.61 Å². The van der Waals surface area contributed by atoms with Crippen LogP contribution >= 0.6 is 15.9 Å². The molecule has 0 saturated heterocycles. The molecule has 0 spiro atoms. The van der Waals surface area contributed by atoms with E-state index in [9.17, 15) is 4.39 Å². The fourth-order valence-electron chi connectivity index (χ4n) is 1.43. The van der Waals surface area contributed by atoms with Gasteiger partial charge < -0.3 is 4.74 Å². The first-order valence-corrected chi connectivity index (χ1v) is 6.05. The van der Waals surface area contributed by atoms with E-state index in [1.807, 2.05) is 6.07 Å². The highest BCUT2D eigenvalue weighted by molar-refractivity contribution is 9.10. The smallest absolute Gasteiger partial charge is 0.124 e. The van der Waals surface area contributed by atoms with Gasteiger partial charge in [0, 0.05) is 10.0 Å². The minimum absolute atomic E-state index is 0.288. The van der Waals surface area contributed by atoms with E-state index >= 15 is 0 Å². The molecule has 4 heteroatoms. The summed E-state index contributed by atoms with van der Waals surface area (Å²) in [6.07, 6.45) is 0. The van der Waals surface area contributed by atoms with Crippen LogP contribution in [0.25, 0.3) is 0 Å². The third-order valence-corrected chi connectivity index (χ3v) is 3.13. The van der Waals surface area contributed by atoms with Crippen molar-refractivity contribution in [3.05, 3.63) is 63.9 Å². The van der Waals surface area contributed by atoms with Crippen molar-refractivity contribution in [3.8, 4) is 11.8 Å². The van der Waals surface area contributed by atoms with Crippen LogP contribution < -0.4 is 4.74 Å². The van der Waals surface area contributed by atoms with Crippen LogP contribution in [0.5, 0.6) is 5.75 Å². The molecule has 0 fully saturated rings. The lowest BCUT2D eigenvalue weighted by molar-refractivity contribution is 0.305. The predicted molar refractivity (Wildman–Crippen MR) is 69.6 cm³/mol. The van der Waals surface area contributed by atoms with E-state index in [0.717, 1.165) is 5.56 Å². The van der Waals surface area contributed by atoms with Gasteiger partial charge in [-0.1, -0.05) is 22.0 Å². The number of ether oxygens (including phenoxy) is 1. The third kappa shape index (κ3) is 3.08. The van der Waals surface area contributed by atoms with Crippen LogP contribution in [-0.4, -0.2) is 0 Å². The molecule has 0 N–H and O–H groups in total. The molecule has 0 unspecified atom stereocenters. The van der Waals surface area contributed by atoms with Gasteiger partial charge in [0.2, 0.25) is 0 Å². The summed E-state index contributed by atoms with van der Waals surface area (Å²) in [4.78, 5) is 0. The number of rotatable bonds is 3. The first-order chi connectivity index (χ1) is 8.69. The molecule has 90 valence electrons. The Morgan fingerprint density at radius 1 is 1.17 bits per heavy atom. The van der Waals surface area contributed by atoms with Crippen LogP contribution in [0.1, 0.15) is 11.1 Å². The molecule has 2 aromatic carbocycles. The van der Waals surface area contributed by atoms with Gasteiger partial charge in [-0.2, -0.15) is 5.26 Å². The largest absolute Gasteiger partial charge is 0.489 e. The summed E-state index contributed by atoms with van der Waals surface area (Å²) in [5.74, 6) is 0.384. The van der Waals surface area contributed by atoms with Crippen molar-refractivity contribution in [2.75, 3.05) is 0 Å². The first kappa shape index (κ1) is 12.6. The van der Waals surface area contributed by atoms with E-state index in [1.165, 1.54) is 12.1 Å². The van der Waals surface area contributed by atoms with Gasteiger partial charge in [0.05, 0.1) is 11.6 Å². The van der Waals surface area contributed by atoms with Crippen molar-refractivity contribution in [2.45, 2.75) is 6.61 Å². The Bertz CT molecular complexity index is 590. The Labute approximate surface area is 113 Å². The van der Waals surface area contributed by atoms with Crippen molar-refractivity contribution < 1.29 is 9.13 Å². The second-order valence-electron chi connectivity index (χ2n) is 3.66. The highest BCUT2D eigenvalue weighted by Crippen LogP contribution is 2.20. The van der Waals surface area contributed by atoms with Crippen LogP contribution in [0, 0.1) is 17.1 Å². The number of nitrogens with zero attached hydrogens (tertiary/aromatic N) is 1. The molecule has 2 aromatic rings. The lowest BCUT2D eigenvalue weighted by atomic mass is 10.2. The Balaban J connectivity index is 2.04. The molecule has 0 amide bonds. The van der Waals surface area contributed by atoms with Crippen molar-refractivity contribution in [3.63, 3.8) is 0 Å². The van der Waals surface area contributed by atoms with E-state index in [0.29, 0.717) is 22.4 Å². The average molecular weight is 306 g/mol. The fraction of sp³-hybridized carbons (Fsp3) is 0.0714. The Kier molecular flexibility index (Phi) is 3.96. The third-order valence-electron chi connectivity index (χ3n) is 2.39. The van der Waals surface area contributed by atoms with Crippen molar-refractivity contribution in [1.82, 2.24) is 0 Å². The first-order valence-electron chi connectivity index (χ1n) is 5.26. The molecule has 0 atom stereocenters. The van der Waals surface area contributed by atoms with E-state index < -0.39 is 0 Å². The minimum atomic E-state index is -0.288. The molecule has 2 rings (SSSR count). The van der Waals surface area contributed by atoms with Gasteiger partial charge in [-0.05, 0) is 36.4 Å². The Morgan fingerprint density at radius 3 is 2.50 bits per heavy atom. The summed E-state index contributed by atoms with van der Waals surface area (Å²) in [6, 6.07) is 13.3. The summed E-state index contributed by atoms with van der Waals surface area (Å²) in [5, 5.41) is 8.67. The Hall–Kier alpha value is -1.86. The monoisotopic (exact) mass is 305 g/mol. The van der Waals surface area contributed by atoms with Crippen molar-refractivity contribution in [1.29, 1.82) is 5.26 Å². The summed E-state index contributed by atoms with van der Waals surface area (Å²) < 4.78 is 19.1. The summed E-state index contributed by atoms with van der Waals surface area (Å²) in [7, 11) is 0. The molecule has 0 heterocycles. The molecule has 0 aliphatic heterocycles. The van der Waals surface area contributed by atoms with Crippen molar-refractivity contribution in [2.24, 2.45) is 0 Å². The molecule has 0 bridgehead atoms.